The molecule has 1 saturated heterocycles. The summed E-state index contributed by atoms with van der Waals surface area (Å²) >= 11 is 0. The lowest BCUT2D eigenvalue weighted by Crippen LogP contribution is -2.48. The van der Waals surface area contributed by atoms with Crippen LogP contribution in [-0.2, 0) is 16.1 Å². The van der Waals surface area contributed by atoms with E-state index in [1.165, 1.54) is 19.7 Å². The molecule has 2 atom stereocenters. The molecule has 2 N–H and O–H groups in total. The van der Waals surface area contributed by atoms with Crippen molar-refractivity contribution in [2.45, 2.75) is 84.2 Å². The van der Waals surface area contributed by atoms with Crippen LogP contribution in [0, 0.1) is 11.8 Å². The van der Waals surface area contributed by atoms with Crippen LogP contribution >= 0.6 is 0 Å². The van der Waals surface area contributed by atoms with Crippen LogP contribution in [0.3, 0.4) is 0 Å². The standard InChI is InChI=1S/C33H47N5O5.2H2/c1-5-43-33-27(35-19-28(36-33)42-4)18-34-20-29(39)38-16-10-15-26(21-38)24-13-9-14-25(17-24)32(41)37-30(31(40)22(2)3)23-11-7-6-8-12-23;;/h9,13-14,17,19,22-23,26,30,34H,5-8,10-12,15-16,18,20-21H2,1-4H3,(H,37,41);2*1H/t26-,30-;;/m1../s1. The number of hydrogen-bond donors (Lipinski definition) is 2. The van der Waals surface area contributed by atoms with Gasteiger partial charge in [0.2, 0.25) is 17.7 Å². The number of methoxy groups -OCH3 is 1. The van der Waals surface area contributed by atoms with Crippen molar-refractivity contribution >= 4 is 17.6 Å². The first-order chi connectivity index (χ1) is 20.8. The summed E-state index contributed by atoms with van der Waals surface area (Å²) in [6.07, 6.45) is 8.72. The Labute approximate surface area is 258 Å². The summed E-state index contributed by atoms with van der Waals surface area (Å²) in [6.45, 7) is 7.93. The molecule has 2 aliphatic rings. The molecule has 10 heteroatoms. The minimum atomic E-state index is -0.444. The fraction of sp³-hybridized carbons (Fsp3) is 0.606. The number of piperidine rings is 1. The first-order valence-electron chi connectivity index (χ1n) is 15.8. The number of ether oxygens (including phenoxy) is 2. The Morgan fingerprint density at radius 1 is 1.12 bits per heavy atom. The quantitative estimate of drug-likeness (QED) is 0.338. The van der Waals surface area contributed by atoms with Crippen molar-refractivity contribution in [2.75, 3.05) is 33.4 Å². The number of amides is 2. The van der Waals surface area contributed by atoms with Crippen molar-refractivity contribution < 1.29 is 26.7 Å². The Balaban J connectivity index is 0.00000353. The molecule has 43 heavy (non-hydrogen) atoms. The molecule has 1 aromatic carbocycles. The summed E-state index contributed by atoms with van der Waals surface area (Å²) in [6, 6.07) is 7.23. The molecular formula is C33H51N5O5. The van der Waals surface area contributed by atoms with Gasteiger partial charge in [-0.15, -0.1) is 0 Å². The number of ketones is 1. The second kappa shape index (κ2) is 15.8. The van der Waals surface area contributed by atoms with E-state index in [-0.39, 0.29) is 44.7 Å². The van der Waals surface area contributed by atoms with Crippen molar-refractivity contribution in [3.05, 3.63) is 47.3 Å². The Kier molecular flexibility index (Phi) is 11.9. The molecule has 2 aromatic rings. The van der Waals surface area contributed by atoms with Crippen LogP contribution in [-0.4, -0.2) is 71.9 Å². The fourth-order valence-corrected chi connectivity index (χ4v) is 6.14. The molecule has 0 radical (unpaired) electrons. The van der Waals surface area contributed by atoms with Gasteiger partial charge in [0, 0.05) is 39.9 Å². The van der Waals surface area contributed by atoms with Crippen molar-refractivity contribution in [1.82, 2.24) is 25.5 Å². The van der Waals surface area contributed by atoms with Crippen molar-refractivity contribution in [2.24, 2.45) is 11.8 Å². The van der Waals surface area contributed by atoms with E-state index in [0.29, 0.717) is 49.3 Å². The van der Waals surface area contributed by atoms with Gasteiger partial charge in [-0.1, -0.05) is 45.2 Å². The number of likely N-dealkylation sites (tertiary alicyclic amines) is 1. The second-order valence-corrected chi connectivity index (χ2v) is 11.9. The molecule has 238 valence electrons. The molecule has 1 aliphatic heterocycles. The number of Topliss-reactive ketones (excluding diaryl/α,β-unsaturated/α-hetero) is 1. The first kappa shape index (κ1) is 32.4. The summed E-state index contributed by atoms with van der Waals surface area (Å²) in [4.78, 5) is 50.2. The van der Waals surface area contributed by atoms with Crippen LogP contribution in [0.15, 0.2) is 30.5 Å². The summed E-state index contributed by atoms with van der Waals surface area (Å²) < 4.78 is 10.7. The zero-order valence-corrected chi connectivity index (χ0v) is 26.1. The molecule has 2 heterocycles. The lowest BCUT2D eigenvalue weighted by molar-refractivity contribution is -0.131. The van der Waals surface area contributed by atoms with Crippen LogP contribution in [0.1, 0.15) is 96.1 Å². The highest BCUT2D eigenvalue weighted by molar-refractivity contribution is 5.98. The third-order valence-electron chi connectivity index (χ3n) is 8.53. The lowest BCUT2D eigenvalue weighted by Gasteiger charge is -2.33. The van der Waals surface area contributed by atoms with Crippen molar-refractivity contribution in [3.63, 3.8) is 0 Å². The Morgan fingerprint density at radius 2 is 1.91 bits per heavy atom. The van der Waals surface area contributed by atoms with Gasteiger partial charge in [-0.05, 0) is 56.2 Å². The van der Waals surface area contributed by atoms with E-state index in [1.54, 1.807) is 0 Å². The highest BCUT2D eigenvalue weighted by atomic mass is 16.5. The normalized spacial score (nSPS) is 18.3. The molecule has 2 amide bonds. The SMILES string of the molecule is CCOc1nc(OC)cnc1CNCC(=O)N1CCC[C@@H](c2cccc(C(=O)N[C@@H](C(=O)C(C)C)C3CCCCC3)c2)C1.[HH].[HH]. The molecule has 10 nitrogen and oxygen atoms in total. The predicted molar refractivity (Wildman–Crippen MR) is 168 cm³/mol. The van der Waals surface area contributed by atoms with Gasteiger partial charge in [0.1, 0.15) is 5.69 Å². The van der Waals surface area contributed by atoms with Gasteiger partial charge in [-0.2, -0.15) is 4.98 Å². The molecule has 1 aliphatic carbocycles. The van der Waals surface area contributed by atoms with Crippen LogP contribution in [0.5, 0.6) is 11.8 Å². The zero-order valence-electron chi connectivity index (χ0n) is 26.1. The first-order valence-corrected chi connectivity index (χ1v) is 15.8. The van der Waals surface area contributed by atoms with Gasteiger partial charge in [-0.3, -0.25) is 14.4 Å². The molecule has 0 unspecified atom stereocenters. The monoisotopic (exact) mass is 597 g/mol. The van der Waals surface area contributed by atoms with Crippen LogP contribution in [0.25, 0.3) is 0 Å². The van der Waals surface area contributed by atoms with E-state index in [9.17, 15) is 14.4 Å². The molecule has 0 bridgehead atoms. The van der Waals surface area contributed by atoms with Gasteiger partial charge in [0.25, 0.3) is 5.91 Å². The predicted octanol–water partition coefficient (Wildman–Crippen LogP) is 4.78. The number of hydrogen-bond acceptors (Lipinski definition) is 8. The number of carbonyl (C=O) groups is 3. The maximum atomic E-state index is 13.4. The van der Waals surface area contributed by atoms with E-state index in [4.69, 9.17) is 9.47 Å². The highest BCUT2D eigenvalue weighted by Crippen LogP contribution is 2.30. The van der Waals surface area contributed by atoms with Gasteiger partial charge in [0.05, 0.1) is 32.5 Å². The molecule has 2 fully saturated rings. The van der Waals surface area contributed by atoms with Crippen LogP contribution < -0.4 is 20.1 Å². The molecule has 4 rings (SSSR count). The minimum absolute atomic E-state index is 0. The lowest BCUT2D eigenvalue weighted by atomic mass is 9.80. The van der Waals surface area contributed by atoms with E-state index in [0.717, 1.165) is 44.1 Å². The highest BCUT2D eigenvalue weighted by Gasteiger charge is 2.32. The Hall–Kier alpha value is -3.53. The van der Waals surface area contributed by atoms with Gasteiger partial charge < -0.3 is 25.0 Å². The number of carbonyl (C=O) groups excluding carboxylic acids is 3. The third-order valence-corrected chi connectivity index (χ3v) is 8.53. The summed E-state index contributed by atoms with van der Waals surface area (Å²) in [7, 11) is 1.52. The molecule has 1 saturated carbocycles. The largest absolute Gasteiger partial charge is 0.480 e. The van der Waals surface area contributed by atoms with Crippen LogP contribution in [0.4, 0.5) is 0 Å². The number of benzene rings is 1. The minimum Gasteiger partial charge on any atom is -0.480 e. The number of rotatable bonds is 13. The Morgan fingerprint density at radius 3 is 2.63 bits per heavy atom. The second-order valence-electron chi connectivity index (χ2n) is 11.9. The maximum absolute atomic E-state index is 13.4. The molecule has 1 aromatic heterocycles. The van der Waals surface area contributed by atoms with Crippen LogP contribution in [0.2, 0.25) is 0 Å². The van der Waals surface area contributed by atoms with E-state index < -0.39 is 6.04 Å². The fourth-order valence-electron chi connectivity index (χ4n) is 6.14. The van der Waals surface area contributed by atoms with Crippen molar-refractivity contribution in [1.29, 1.82) is 0 Å². The topological polar surface area (TPSA) is 123 Å². The number of aromatic nitrogens is 2. The van der Waals surface area contributed by atoms with Gasteiger partial charge in [0.15, 0.2) is 5.78 Å². The third kappa shape index (κ3) is 8.75. The van der Waals surface area contributed by atoms with E-state index in [2.05, 4.69) is 20.6 Å². The number of nitrogens with zero attached hydrogens (tertiary/aromatic N) is 3. The number of nitrogens with one attached hydrogen (secondary N) is 2. The average Bonchev–Trinajstić information content (AvgIpc) is 3.04. The summed E-state index contributed by atoms with van der Waals surface area (Å²) in [5.41, 5.74) is 2.21. The smallest absolute Gasteiger partial charge is 0.251 e. The van der Waals surface area contributed by atoms with E-state index in [1.807, 2.05) is 49.9 Å². The molecular weight excluding hydrogens is 546 g/mol. The zero-order chi connectivity index (χ0) is 30.8. The Bertz CT molecular complexity index is 1260. The van der Waals surface area contributed by atoms with Gasteiger partial charge >= 0.3 is 0 Å². The van der Waals surface area contributed by atoms with E-state index >= 15 is 0 Å². The molecule has 0 spiro atoms. The maximum Gasteiger partial charge on any atom is 0.251 e. The summed E-state index contributed by atoms with van der Waals surface area (Å²) in [5, 5.41) is 6.29. The summed E-state index contributed by atoms with van der Waals surface area (Å²) in [5.74, 6) is 0.889. The average molecular weight is 598 g/mol. The van der Waals surface area contributed by atoms with Gasteiger partial charge in [-0.25, -0.2) is 4.98 Å². The van der Waals surface area contributed by atoms with Crippen molar-refractivity contribution in [3.8, 4) is 11.8 Å².